The molecule has 5 N–H and O–H groups in total. The molecule has 0 saturated carbocycles. The van der Waals surface area contributed by atoms with Crippen LogP contribution in [0.1, 0.15) is 6.92 Å². The first-order valence-electron chi connectivity index (χ1n) is 4.14. The maximum atomic E-state index is 5.40. The highest BCUT2D eigenvalue weighted by Gasteiger charge is 2.23. The number of anilines is 3. The number of nitrogens with two attached hydrogens (primary N) is 2. The molecule has 0 aliphatic rings. The van der Waals surface area contributed by atoms with Crippen LogP contribution in [-0.4, -0.2) is 35.1 Å². The van der Waals surface area contributed by atoms with Gasteiger partial charge in [-0.25, -0.2) is 0 Å². The van der Waals surface area contributed by atoms with Crippen molar-refractivity contribution in [2.45, 2.75) is 12.8 Å². The molecule has 0 spiro atoms. The minimum absolute atomic E-state index is 0.0274. The van der Waals surface area contributed by atoms with Gasteiger partial charge in [0.05, 0.1) is 0 Å². The summed E-state index contributed by atoms with van der Waals surface area (Å²) in [6, 6.07) is 0. The molecule has 1 heterocycles. The summed E-state index contributed by atoms with van der Waals surface area (Å²) in [5.41, 5.74) is 10.8. The van der Waals surface area contributed by atoms with Gasteiger partial charge in [0, 0.05) is 21.1 Å². The topological polar surface area (TPSA) is 121 Å². The summed E-state index contributed by atoms with van der Waals surface area (Å²) in [4.78, 5) is 11.3. The molecule has 0 aliphatic carbocycles. The first-order chi connectivity index (χ1) is 6.99. The van der Waals surface area contributed by atoms with E-state index >= 15 is 0 Å². The zero-order valence-corrected chi connectivity index (χ0v) is 8.81. The Morgan fingerprint density at radius 1 is 1.07 bits per heavy atom. The predicted octanol–water partition coefficient (Wildman–Crippen LogP) is -0.586. The maximum Gasteiger partial charge on any atom is 0.248 e. The Kier molecular flexibility index (Phi) is 3.22. The molecular weight excluding hydrogens is 200 g/mol. The van der Waals surface area contributed by atoms with E-state index in [1.165, 1.54) is 14.2 Å². The molecular formula is C7H14N6O2. The molecule has 0 aromatic carbocycles. The number of aromatic nitrogens is 3. The third-order valence-electron chi connectivity index (χ3n) is 1.79. The van der Waals surface area contributed by atoms with E-state index in [1.54, 1.807) is 6.92 Å². The molecule has 0 amide bonds. The van der Waals surface area contributed by atoms with Gasteiger partial charge in [-0.1, -0.05) is 0 Å². The normalized spacial score (nSPS) is 11.4. The van der Waals surface area contributed by atoms with Gasteiger partial charge in [-0.2, -0.15) is 15.0 Å². The van der Waals surface area contributed by atoms with Crippen LogP contribution in [0.2, 0.25) is 0 Å². The number of rotatable bonds is 4. The summed E-state index contributed by atoms with van der Waals surface area (Å²) in [6.45, 7) is 1.66. The summed E-state index contributed by atoms with van der Waals surface area (Å²) in [5, 5.41) is 2.77. The molecule has 1 aromatic heterocycles. The number of hydrogen-bond acceptors (Lipinski definition) is 8. The second-order valence-corrected chi connectivity index (χ2v) is 2.85. The van der Waals surface area contributed by atoms with Gasteiger partial charge >= 0.3 is 0 Å². The van der Waals surface area contributed by atoms with Crippen molar-refractivity contribution < 1.29 is 9.47 Å². The fourth-order valence-electron chi connectivity index (χ4n) is 0.854. The van der Waals surface area contributed by atoms with Crippen LogP contribution in [0.25, 0.3) is 0 Å². The molecule has 1 rings (SSSR count). The minimum Gasteiger partial charge on any atom is -0.368 e. The highest BCUT2D eigenvalue weighted by molar-refractivity contribution is 5.37. The van der Waals surface area contributed by atoms with Gasteiger partial charge < -0.3 is 26.3 Å². The average Bonchev–Trinajstić information content (AvgIpc) is 2.16. The van der Waals surface area contributed by atoms with Gasteiger partial charge in [0.1, 0.15) is 0 Å². The highest BCUT2D eigenvalue weighted by atomic mass is 16.7. The second kappa shape index (κ2) is 4.24. The Morgan fingerprint density at radius 2 is 1.53 bits per heavy atom. The fourth-order valence-corrected chi connectivity index (χ4v) is 0.854. The third-order valence-corrected chi connectivity index (χ3v) is 1.79. The SMILES string of the molecule is COC(C)(Nc1nc(N)nc(N)n1)OC. The molecule has 8 heteroatoms. The summed E-state index contributed by atoms with van der Waals surface area (Å²) < 4.78 is 10.1. The lowest BCUT2D eigenvalue weighted by molar-refractivity contribution is -0.171. The molecule has 0 fully saturated rings. The fraction of sp³-hybridized carbons (Fsp3) is 0.571. The Hall–Kier alpha value is -1.67. The quantitative estimate of drug-likeness (QED) is 0.569. The molecule has 8 nitrogen and oxygen atoms in total. The first-order valence-corrected chi connectivity index (χ1v) is 4.14. The number of nitrogens with zero attached hydrogens (tertiary/aromatic N) is 3. The lowest BCUT2D eigenvalue weighted by atomic mass is 10.5. The van der Waals surface area contributed by atoms with Crippen molar-refractivity contribution in [3.63, 3.8) is 0 Å². The van der Waals surface area contributed by atoms with Crippen LogP contribution in [0.15, 0.2) is 0 Å². The highest BCUT2D eigenvalue weighted by Crippen LogP contribution is 2.13. The standard InChI is InChI=1S/C7H14N6O2/c1-7(14-2,15-3)13-6-11-4(8)10-5(9)12-6/h1-3H3,(H5,8,9,10,11,12,13). The number of nitrogen functional groups attached to an aromatic ring is 2. The van der Waals surface area contributed by atoms with E-state index in [0.717, 1.165) is 0 Å². The van der Waals surface area contributed by atoms with E-state index in [-0.39, 0.29) is 17.8 Å². The average molecular weight is 214 g/mol. The van der Waals surface area contributed by atoms with Crippen LogP contribution in [0.3, 0.4) is 0 Å². The summed E-state index contributed by atoms with van der Waals surface area (Å²) in [7, 11) is 2.95. The molecule has 0 atom stereocenters. The van der Waals surface area contributed by atoms with Crippen molar-refractivity contribution >= 4 is 17.8 Å². The van der Waals surface area contributed by atoms with Crippen LogP contribution in [0, 0.1) is 0 Å². The summed E-state index contributed by atoms with van der Waals surface area (Å²) in [6.07, 6.45) is 0. The lowest BCUT2D eigenvalue weighted by Crippen LogP contribution is -2.39. The van der Waals surface area contributed by atoms with E-state index in [1.807, 2.05) is 0 Å². The van der Waals surface area contributed by atoms with E-state index < -0.39 is 5.91 Å². The minimum atomic E-state index is -1.04. The Bertz CT molecular complexity index is 320. The van der Waals surface area contributed by atoms with Crippen molar-refractivity contribution in [3.8, 4) is 0 Å². The van der Waals surface area contributed by atoms with Gasteiger partial charge in [-0.05, 0) is 0 Å². The van der Waals surface area contributed by atoms with Gasteiger partial charge in [-0.15, -0.1) is 0 Å². The van der Waals surface area contributed by atoms with Crippen molar-refractivity contribution in [3.05, 3.63) is 0 Å². The van der Waals surface area contributed by atoms with E-state index in [4.69, 9.17) is 20.9 Å². The van der Waals surface area contributed by atoms with Crippen molar-refractivity contribution in [2.24, 2.45) is 0 Å². The number of nitrogens with one attached hydrogen (secondary N) is 1. The first kappa shape index (κ1) is 11.4. The molecule has 0 unspecified atom stereocenters. The van der Waals surface area contributed by atoms with Gasteiger partial charge in [0.25, 0.3) is 0 Å². The second-order valence-electron chi connectivity index (χ2n) is 2.85. The van der Waals surface area contributed by atoms with Crippen molar-refractivity contribution in [1.82, 2.24) is 15.0 Å². The molecule has 0 radical (unpaired) electrons. The Balaban J connectivity index is 2.88. The lowest BCUT2D eigenvalue weighted by Gasteiger charge is -2.26. The molecule has 0 saturated heterocycles. The van der Waals surface area contributed by atoms with Crippen LogP contribution >= 0.6 is 0 Å². The number of ether oxygens (including phenoxy) is 2. The predicted molar refractivity (Wildman–Crippen MR) is 54.7 cm³/mol. The van der Waals surface area contributed by atoms with Crippen LogP contribution in [0.4, 0.5) is 17.8 Å². The van der Waals surface area contributed by atoms with Gasteiger partial charge in [-0.3, -0.25) is 0 Å². The van der Waals surface area contributed by atoms with Gasteiger partial charge in [0.15, 0.2) is 0 Å². The largest absolute Gasteiger partial charge is 0.368 e. The molecule has 1 aromatic rings. The van der Waals surface area contributed by atoms with Crippen molar-refractivity contribution in [2.75, 3.05) is 31.0 Å². The van der Waals surface area contributed by atoms with Crippen molar-refractivity contribution in [1.29, 1.82) is 0 Å². The van der Waals surface area contributed by atoms with Crippen LogP contribution < -0.4 is 16.8 Å². The summed E-state index contributed by atoms with van der Waals surface area (Å²) >= 11 is 0. The molecule has 0 bridgehead atoms. The van der Waals surface area contributed by atoms with Gasteiger partial charge in [0.2, 0.25) is 23.8 Å². The summed E-state index contributed by atoms with van der Waals surface area (Å²) in [5.74, 6) is -0.800. The number of hydrogen-bond donors (Lipinski definition) is 3. The Labute approximate surface area is 87.0 Å². The Morgan fingerprint density at radius 3 is 1.93 bits per heavy atom. The molecule has 15 heavy (non-hydrogen) atoms. The third kappa shape index (κ3) is 2.89. The van der Waals surface area contributed by atoms with E-state index in [0.29, 0.717) is 0 Å². The number of methoxy groups -OCH3 is 2. The molecule has 0 aliphatic heterocycles. The molecule has 84 valence electrons. The smallest absolute Gasteiger partial charge is 0.248 e. The monoisotopic (exact) mass is 214 g/mol. The zero-order chi connectivity index (χ0) is 11.5. The maximum absolute atomic E-state index is 5.40. The van der Waals surface area contributed by atoms with E-state index in [9.17, 15) is 0 Å². The van der Waals surface area contributed by atoms with Crippen LogP contribution in [-0.2, 0) is 9.47 Å². The van der Waals surface area contributed by atoms with E-state index in [2.05, 4.69) is 20.3 Å². The zero-order valence-electron chi connectivity index (χ0n) is 8.81. The van der Waals surface area contributed by atoms with Crippen LogP contribution in [0.5, 0.6) is 0 Å².